The molecule has 0 fully saturated rings. The normalized spacial score (nSPS) is 13.3. The van der Waals surface area contributed by atoms with Gasteiger partial charge in [0.25, 0.3) is 0 Å². The second kappa shape index (κ2) is 8.64. The number of aliphatic hydroxyl groups is 1. The first-order valence-electron chi connectivity index (χ1n) is 7.81. The molecule has 6 heteroatoms. The van der Waals surface area contributed by atoms with E-state index in [-0.39, 0.29) is 12.1 Å². The van der Waals surface area contributed by atoms with Gasteiger partial charge in [0.2, 0.25) is 0 Å². The molecule has 0 aliphatic heterocycles. The van der Waals surface area contributed by atoms with Crippen LogP contribution in [0.2, 0.25) is 0 Å². The quantitative estimate of drug-likeness (QED) is 0.728. The van der Waals surface area contributed by atoms with E-state index in [1.807, 2.05) is 42.6 Å². The SMILES string of the molecule is CCc1nc(C(C)NC(=O)NCCC(O)c2ccccc2)cs1. The van der Waals surface area contributed by atoms with E-state index in [0.717, 1.165) is 22.7 Å². The molecule has 3 N–H and O–H groups in total. The summed E-state index contributed by atoms with van der Waals surface area (Å²) in [4.78, 5) is 16.4. The zero-order chi connectivity index (χ0) is 16.7. The second-order valence-corrected chi connectivity index (χ2v) is 6.30. The van der Waals surface area contributed by atoms with Gasteiger partial charge in [-0.2, -0.15) is 0 Å². The lowest BCUT2D eigenvalue weighted by Crippen LogP contribution is -2.38. The van der Waals surface area contributed by atoms with Crippen LogP contribution >= 0.6 is 11.3 Å². The lowest BCUT2D eigenvalue weighted by molar-refractivity contribution is 0.166. The Hall–Kier alpha value is -1.92. The zero-order valence-electron chi connectivity index (χ0n) is 13.5. The van der Waals surface area contributed by atoms with Gasteiger partial charge in [-0.25, -0.2) is 9.78 Å². The molecule has 1 aromatic heterocycles. The molecule has 0 spiro atoms. The van der Waals surface area contributed by atoms with Crippen molar-refractivity contribution in [3.63, 3.8) is 0 Å². The number of carbonyl (C=O) groups excluding carboxylic acids is 1. The first kappa shape index (κ1) is 17.4. The average Bonchev–Trinajstić information content (AvgIpc) is 3.04. The van der Waals surface area contributed by atoms with Crippen LogP contribution in [-0.4, -0.2) is 22.7 Å². The average molecular weight is 333 g/mol. The molecular weight excluding hydrogens is 310 g/mol. The van der Waals surface area contributed by atoms with Crippen molar-refractivity contribution in [2.75, 3.05) is 6.54 Å². The van der Waals surface area contributed by atoms with Crippen LogP contribution in [0.15, 0.2) is 35.7 Å². The van der Waals surface area contributed by atoms with Gasteiger partial charge in [-0.3, -0.25) is 0 Å². The minimum atomic E-state index is -0.570. The second-order valence-electron chi connectivity index (χ2n) is 5.36. The number of nitrogens with one attached hydrogen (secondary N) is 2. The van der Waals surface area contributed by atoms with Gasteiger partial charge in [-0.05, 0) is 25.3 Å². The summed E-state index contributed by atoms with van der Waals surface area (Å²) in [7, 11) is 0. The number of amides is 2. The molecule has 0 saturated carbocycles. The lowest BCUT2D eigenvalue weighted by Gasteiger charge is -2.14. The van der Waals surface area contributed by atoms with Crippen LogP contribution < -0.4 is 10.6 Å². The maximum atomic E-state index is 11.9. The highest BCUT2D eigenvalue weighted by Crippen LogP contribution is 2.17. The third kappa shape index (κ3) is 5.33. The van der Waals surface area contributed by atoms with Gasteiger partial charge in [-0.1, -0.05) is 37.3 Å². The Morgan fingerprint density at radius 2 is 2.09 bits per heavy atom. The molecular formula is C17H23N3O2S. The largest absolute Gasteiger partial charge is 0.388 e. The van der Waals surface area contributed by atoms with Crippen LogP contribution in [0.4, 0.5) is 4.79 Å². The highest BCUT2D eigenvalue weighted by Gasteiger charge is 2.13. The number of thiazole rings is 1. The summed E-state index contributed by atoms with van der Waals surface area (Å²) in [6.07, 6.45) is 0.809. The number of rotatable bonds is 7. The highest BCUT2D eigenvalue weighted by atomic mass is 32.1. The summed E-state index contributed by atoms with van der Waals surface area (Å²) in [5.41, 5.74) is 1.74. The van der Waals surface area contributed by atoms with E-state index in [1.165, 1.54) is 0 Å². The van der Waals surface area contributed by atoms with Gasteiger partial charge in [-0.15, -0.1) is 11.3 Å². The predicted molar refractivity (Wildman–Crippen MR) is 92.5 cm³/mol. The number of hydrogen-bond acceptors (Lipinski definition) is 4. The van der Waals surface area contributed by atoms with Gasteiger partial charge in [0, 0.05) is 11.9 Å². The minimum Gasteiger partial charge on any atom is -0.388 e. The fraction of sp³-hybridized carbons (Fsp3) is 0.412. The number of urea groups is 1. The molecule has 2 amide bonds. The van der Waals surface area contributed by atoms with Crippen LogP contribution in [0.3, 0.4) is 0 Å². The number of benzene rings is 1. The van der Waals surface area contributed by atoms with E-state index >= 15 is 0 Å². The van der Waals surface area contributed by atoms with Crippen LogP contribution in [0.25, 0.3) is 0 Å². The third-order valence-corrected chi connectivity index (χ3v) is 4.56. The Kier molecular flexibility index (Phi) is 6.55. The molecule has 5 nitrogen and oxygen atoms in total. The molecule has 0 aliphatic carbocycles. The van der Waals surface area contributed by atoms with Gasteiger partial charge < -0.3 is 15.7 Å². The van der Waals surface area contributed by atoms with Crippen LogP contribution in [-0.2, 0) is 6.42 Å². The summed E-state index contributed by atoms with van der Waals surface area (Å²) >= 11 is 1.61. The molecule has 0 saturated heterocycles. The van der Waals surface area contributed by atoms with E-state index in [4.69, 9.17) is 0 Å². The van der Waals surface area contributed by atoms with Gasteiger partial charge >= 0.3 is 6.03 Å². The van der Waals surface area contributed by atoms with Gasteiger partial charge in [0.1, 0.15) is 0 Å². The van der Waals surface area contributed by atoms with Crippen molar-refractivity contribution >= 4 is 17.4 Å². The fourth-order valence-electron chi connectivity index (χ4n) is 2.17. The van der Waals surface area contributed by atoms with Crippen LogP contribution in [0, 0.1) is 0 Å². The Balaban J connectivity index is 1.72. The molecule has 23 heavy (non-hydrogen) atoms. The van der Waals surface area contributed by atoms with Crippen molar-refractivity contribution < 1.29 is 9.90 Å². The molecule has 0 radical (unpaired) electrons. The maximum Gasteiger partial charge on any atom is 0.315 e. The molecule has 2 rings (SSSR count). The standard InChI is InChI=1S/C17H23N3O2S/c1-3-16-20-14(11-23-16)12(2)19-17(22)18-10-9-15(21)13-7-5-4-6-8-13/h4-8,11-12,15,21H,3,9-10H2,1-2H3,(H2,18,19,22). The summed E-state index contributed by atoms with van der Waals surface area (Å²) < 4.78 is 0. The number of nitrogens with zero attached hydrogens (tertiary/aromatic N) is 1. The van der Waals surface area contributed by atoms with Crippen molar-refractivity contribution in [2.24, 2.45) is 0 Å². The molecule has 2 unspecified atom stereocenters. The van der Waals surface area contributed by atoms with E-state index in [1.54, 1.807) is 11.3 Å². The van der Waals surface area contributed by atoms with E-state index in [2.05, 4.69) is 22.5 Å². The van der Waals surface area contributed by atoms with Crippen molar-refractivity contribution in [1.29, 1.82) is 0 Å². The van der Waals surface area contributed by atoms with Crippen molar-refractivity contribution in [2.45, 2.75) is 38.8 Å². The maximum absolute atomic E-state index is 11.9. The van der Waals surface area contributed by atoms with E-state index in [0.29, 0.717) is 13.0 Å². The summed E-state index contributed by atoms with van der Waals surface area (Å²) in [6, 6.07) is 9.05. The summed E-state index contributed by atoms with van der Waals surface area (Å²) in [6.45, 7) is 4.38. The number of aromatic nitrogens is 1. The van der Waals surface area contributed by atoms with Crippen molar-refractivity contribution in [1.82, 2.24) is 15.6 Å². The Bertz CT molecular complexity index is 615. The summed E-state index contributed by atoms with van der Waals surface area (Å²) in [5.74, 6) is 0. The minimum absolute atomic E-state index is 0.134. The molecule has 2 aromatic rings. The molecule has 1 aromatic carbocycles. The number of aliphatic hydroxyl groups excluding tert-OH is 1. The van der Waals surface area contributed by atoms with E-state index in [9.17, 15) is 9.90 Å². The predicted octanol–water partition coefficient (Wildman–Crippen LogP) is 3.19. The summed E-state index contributed by atoms with van der Waals surface area (Å²) in [5, 5.41) is 18.7. The van der Waals surface area contributed by atoms with Crippen molar-refractivity contribution in [3.8, 4) is 0 Å². The molecule has 2 atom stereocenters. The zero-order valence-corrected chi connectivity index (χ0v) is 14.3. The lowest BCUT2D eigenvalue weighted by atomic mass is 10.1. The Labute approximate surface area is 140 Å². The topological polar surface area (TPSA) is 74.2 Å². The van der Waals surface area contributed by atoms with Gasteiger partial charge in [0.15, 0.2) is 0 Å². The molecule has 124 valence electrons. The first-order chi connectivity index (χ1) is 11.1. The Morgan fingerprint density at radius 1 is 1.35 bits per heavy atom. The molecule has 1 heterocycles. The Morgan fingerprint density at radius 3 is 2.74 bits per heavy atom. The monoisotopic (exact) mass is 333 g/mol. The highest BCUT2D eigenvalue weighted by molar-refractivity contribution is 7.09. The number of carbonyl (C=O) groups is 1. The fourth-order valence-corrected chi connectivity index (χ4v) is 3.01. The molecule has 0 bridgehead atoms. The van der Waals surface area contributed by atoms with Crippen LogP contribution in [0.1, 0.15) is 48.7 Å². The van der Waals surface area contributed by atoms with E-state index < -0.39 is 6.10 Å². The van der Waals surface area contributed by atoms with Crippen molar-refractivity contribution in [3.05, 3.63) is 52.0 Å². The third-order valence-electron chi connectivity index (χ3n) is 3.55. The number of aryl methyl sites for hydroxylation is 1. The van der Waals surface area contributed by atoms with Gasteiger partial charge in [0.05, 0.1) is 22.8 Å². The van der Waals surface area contributed by atoms with Crippen LogP contribution in [0.5, 0.6) is 0 Å². The first-order valence-corrected chi connectivity index (χ1v) is 8.69. The number of hydrogen-bond donors (Lipinski definition) is 3. The smallest absolute Gasteiger partial charge is 0.315 e. The molecule has 0 aliphatic rings.